The van der Waals surface area contributed by atoms with E-state index in [1.807, 2.05) is 6.92 Å². The van der Waals surface area contributed by atoms with Crippen LogP contribution in [-0.4, -0.2) is 26.1 Å². The smallest absolute Gasteiger partial charge is 0.294 e. The van der Waals surface area contributed by atoms with E-state index in [9.17, 15) is 24.2 Å². The molecule has 128 valence electrons. The largest absolute Gasteiger partial charge is 0.501 e. The van der Waals surface area contributed by atoms with Crippen molar-refractivity contribution in [3.05, 3.63) is 57.5 Å². The molecule has 1 aromatic carbocycles. The number of rotatable bonds is 6. The van der Waals surface area contributed by atoms with Gasteiger partial charge < -0.3 is 20.5 Å². The molecule has 1 atom stereocenters. The minimum atomic E-state index is -1.04. The number of halogens is 1. The number of nitrogens with one attached hydrogen (secondary N) is 2. The van der Waals surface area contributed by atoms with E-state index in [-0.39, 0.29) is 12.4 Å². The van der Waals surface area contributed by atoms with Crippen molar-refractivity contribution in [2.24, 2.45) is 0 Å². The number of carbonyl (C=O) groups is 1. The monoisotopic (exact) mass is 335 g/mol. The molecule has 0 aliphatic rings. The van der Waals surface area contributed by atoms with E-state index in [0.29, 0.717) is 18.4 Å². The highest BCUT2D eigenvalue weighted by Crippen LogP contribution is 2.16. The Balaban J connectivity index is 2.18. The van der Waals surface area contributed by atoms with Gasteiger partial charge in [-0.1, -0.05) is 25.5 Å². The number of nitrogens with zero attached hydrogens (tertiary/aromatic N) is 1. The Morgan fingerprint density at radius 1 is 1.38 bits per heavy atom. The lowest BCUT2D eigenvalue weighted by Gasteiger charge is -2.11. The molecule has 1 unspecified atom stereocenters. The predicted molar refractivity (Wildman–Crippen MR) is 84.0 cm³/mol. The lowest BCUT2D eigenvalue weighted by Crippen LogP contribution is -2.27. The molecule has 0 saturated carbocycles. The van der Waals surface area contributed by atoms with E-state index < -0.39 is 34.8 Å². The summed E-state index contributed by atoms with van der Waals surface area (Å²) in [5.41, 5.74) is -0.728. The zero-order valence-corrected chi connectivity index (χ0v) is 13.0. The third-order valence-corrected chi connectivity index (χ3v) is 3.37. The molecule has 0 saturated heterocycles. The molecule has 2 rings (SSSR count). The number of H-pyrrole nitrogens is 1. The molecule has 0 aliphatic heterocycles. The lowest BCUT2D eigenvalue weighted by atomic mass is 10.2. The molecule has 0 radical (unpaired) electrons. The van der Waals surface area contributed by atoms with Crippen LogP contribution < -0.4 is 10.9 Å². The topological polar surface area (TPSA) is 115 Å². The molecular weight excluding hydrogens is 317 g/mol. The number of hydrogen-bond donors (Lipinski definition) is 4. The molecular formula is C16H18FN3O4. The number of aromatic amines is 1. The van der Waals surface area contributed by atoms with Gasteiger partial charge in [0, 0.05) is 6.54 Å². The molecule has 1 aromatic heterocycles. The second kappa shape index (κ2) is 7.69. The van der Waals surface area contributed by atoms with Crippen LogP contribution in [-0.2, 0) is 6.54 Å². The standard InChI is InChI=1S/C16H18FN3O4/c1-2-3-11(21)14-19-12(13(22)16(24)20-14)15(23)18-8-9-4-6-10(17)7-5-9/h4-7,11,21-22H,2-3,8H2,1H3,(H,18,23)(H,19,20,24). The first kappa shape index (κ1) is 17.6. The summed E-state index contributed by atoms with van der Waals surface area (Å²) in [4.78, 5) is 30.0. The van der Waals surface area contributed by atoms with Crippen molar-refractivity contribution < 1.29 is 19.4 Å². The van der Waals surface area contributed by atoms with Crippen molar-refractivity contribution in [3.8, 4) is 5.75 Å². The molecule has 1 heterocycles. The van der Waals surface area contributed by atoms with Gasteiger partial charge in [0.05, 0.1) is 0 Å². The maximum atomic E-state index is 12.8. The van der Waals surface area contributed by atoms with E-state index in [1.54, 1.807) is 0 Å². The van der Waals surface area contributed by atoms with Crippen molar-refractivity contribution in [1.82, 2.24) is 15.3 Å². The van der Waals surface area contributed by atoms with Crippen molar-refractivity contribution in [1.29, 1.82) is 0 Å². The molecule has 1 amide bonds. The number of amides is 1. The highest BCUT2D eigenvalue weighted by molar-refractivity contribution is 5.94. The third-order valence-electron chi connectivity index (χ3n) is 3.37. The number of benzene rings is 1. The van der Waals surface area contributed by atoms with E-state index in [1.165, 1.54) is 24.3 Å². The van der Waals surface area contributed by atoms with Crippen LogP contribution in [0.25, 0.3) is 0 Å². The van der Waals surface area contributed by atoms with E-state index >= 15 is 0 Å². The van der Waals surface area contributed by atoms with Crippen LogP contribution in [0, 0.1) is 5.82 Å². The number of aromatic hydroxyl groups is 1. The number of hydrogen-bond acceptors (Lipinski definition) is 5. The van der Waals surface area contributed by atoms with Crippen molar-refractivity contribution in [3.63, 3.8) is 0 Å². The molecule has 24 heavy (non-hydrogen) atoms. The Kier molecular flexibility index (Phi) is 5.64. The molecule has 0 aliphatic carbocycles. The second-order valence-corrected chi connectivity index (χ2v) is 5.26. The van der Waals surface area contributed by atoms with Gasteiger partial charge in [0.25, 0.3) is 11.5 Å². The van der Waals surface area contributed by atoms with Gasteiger partial charge in [-0.3, -0.25) is 9.59 Å². The SMILES string of the molecule is CCCC(O)c1nc(C(=O)NCc2ccc(F)cc2)c(O)c(=O)[nH]1. The summed E-state index contributed by atoms with van der Waals surface area (Å²) in [5, 5.41) is 22.1. The van der Waals surface area contributed by atoms with Crippen LogP contribution in [0.2, 0.25) is 0 Å². The quantitative estimate of drug-likeness (QED) is 0.636. The van der Waals surface area contributed by atoms with Gasteiger partial charge in [0.2, 0.25) is 5.75 Å². The maximum absolute atomic E-state index is 12.8. The first-order chi connectivity index (χ1) is 11.4. The van der Waals surface area contributed by atoms with Crippen LogP contribution >= 0.6 is 0 Å². The summed E-state index contributed by atoms with van der Waals surface area (Å²) >= 11 is 0. The van der Waals surface area contributed by atoms with Gasteiger partial charge >= 0.3 is 0 Å². The molecule has 4 N–H and O–H groups in total. The average Bonchev–Trinajstić information content (AvgIpc) is 2.56. The highest BCUT2D eigenvalue weighted by atomic mass is 19.1. The van der Waals surface area contributed by atoms with Gasteiger partial charge in [-0.15, -0.1) is 0 Å². The van der Waals surface area contributed by atoms with Crippen molar-refractivity contribution >= 4 is 5.91 Å². The molecule has 0 bridgehead atoms. The molecule has 0 fully saturated rings. The fourth-order valence-electron chi connectivity index (χ4n) is 2.08. The van der Waals surface area contributed by atoms with Gasteiger partial charge in [-0.05, 0) is 24.1 Å². The molecule has 7 nitrogen and oxygen atoms in total. The number of aromatic nitrogens is 2. The van der Waals surface area contributed by atoms with Crippen LogP contribution in [0.5, 0.6) is 5.75 Å². The van der Waals surface area contributed by atoms with Crippen LogP contribution in [0.1, 0.15) is 47.7 Å². The predicted octanol–water partition coefficient (Wildman–Crippen LogP) is 1.38. The number of carbonyl (C=O) groups excluding carboxylic acids is 1. The minimum absolute atomic E-state index is 0.0693. The fraction of sp³-hybridized carbons (Fsp3) is 0.312. The first-order valence-electron chi connectivity index (χ1n) is 7.46. The van der Waals surface area contributed by atoms with E-state index in [0.717, 1.165) is 0 Å². The van der Waals surface area contributed by atoms with Crippen LogP contribution in [0.4, 0.5) is 4.39 Å². The Labute approximate surface area is 137 Å². The first-order valence-corrected chi connectivity index (χ1v) is 7.46. The third kappa shape index (κ3) is 4.17. The summed E-state index contributed by atoms with van der Waals surface area (Å²) in [7, 11) is 0. The summed E-state index contributed by atoms with van der Waals surface area (Å²) in [6.07, 6.45) is -0.0330. The van der Waals surface area contributed by atoms with Gasteiger partial charge in [0.1, 0.15) is 17.7 Å². The summed E-state index contributed by atoms with van der Waals surface area (Å²) < 4.78 is 12.8. The molecule has 8 heteroatoms. The zero-order valence-electron chi connectivity index (χ0n) is 13.0. The maximum Gasteiger partial charge on any atom is 0.294 e. The summed E-state index contributed by atoms with van der Waals surface area (Å²) in [6, 6.07) is 5.50. The Morgan fingerprint density at radius 2 is 2.04 bits per heavy atom. The van der Waals surface area contributed by atoms with Crippen LogP contribution in [0.15, 0.2) is 29.1 Å². The number of aliphatic hydroxyl groups is 1. The van der Waals surface area contributed by atoms with Crippen LogP contribution in [0.3, 0.4) is 0 Å². The number of aliphatic hydroxyl groups excluding tert-OH is 1. The average molecular weight is 335 g/mol. The Morgan fingerprint density at radius 3 is 2.67 bits per heavy atom. The van der Waals surface area contributed by atoms with E-state index in [4.69, 9.17) is 0 Å². The Hall–Kier alpha value is -2.74. The highest BCUT2D eigenvalue weighted by Gasteiger charge is 2.20. The van der Waals surface area contributed by atoms with Gasteiger partial charge in [-0.25, -0.2) is 9.37 Å². The molecule has 2 aromatic rings. The van der Waals surface area contributed by atoms with Gasteiger partial charge in [-0.2, -0.15) is 0 Å². The normalized spacial score (nSPS) is 12.0. The zero-order chi connectivity index (χ0) is 17.7. The Bertz CT molecular complexity index is 774. The molecule has 0 spiro atoms. The van der Waals surface area contributed by atoms with E-state index in [2.05, 4.69) is 15.3 Å². The van der Waals surface area contributed by atoms with Gasteiger partial charge in [0.15, 0.2) is 5.69 Å². The second-order valence-electron chi connectivity index (χ2n) is 5.26. The van der Waals surface area contributed by atoms with Crippen molar-refractivity contribution in [2.75, 3.05) is 0 Å². The summed E-state index contributed by atoms with van der Waals surface area (Å²) in [5.74, 6) is -2.06. The van der Waals surface area contributed by atoms with Crippen molar-refractivity contribution in [2.45, 2.75) is 32.4 Å². The summed E-state index contributed by atoms with van der Waals surface area (Å²) in [6.45, 7) is 1.91. The lowest BCUT2D eigenvalue weighted by molar-refractivity contribution is 0.0940. The minimum Gasteiger partial charge on any atom is -0.501 e. The fourth-order valence-corrected chi connectivity index (χ4v) is 2.08.